The van der Waals surface area contributed by atoms with Crippen molar-refractivity contribution in [3.8, 4) is 5.69 Å². The molecule has 2 aromatic rings. The first-order valence-electron chi connectivity index (χ1n) is 9.70. The summed E-state index contributed by atoms with van der Waals surface area (Å²) in [5.74, 6) is -0.310. The molecule has 0 atom stereocenters. The van der Waals surface area contributed by atoms with Gasteiger partial charge in [0.1, 0.15) is 5.04 Å². The molecule has 0 saturated heterocycles. The van der Waals surface area contributed by atoms with Gasteiger partial charge in [-0.25, -0.2) is 0 Å². The number of hydrogen-bond donors (Lipinski definition) is 1. The minimum atomic E-state index is -0.389. The molecule has 3 heterocycles. The maximum Gasteiger partial charge on any atom is 0.283 e. The standard InChI is InChI=1S/C22H23N5OS/c1-5-15-9-7-8-10-18(15)26-13(3)11-16(14(26)4)12-17-20(23)27-22(24-21(17)28)29-19(6-2)25-27/h7-12,23H,5-6H2,1-4H3/b17-12-,23-20?. The molecule has 1 amide bonds. The third kappa shape index (κ3) is 3.25. The molecule has 4 rings (SSSR count). The Morgan fingerprint density at radius 2 is 1.93 bits per heavy atom. The highest BCUT2D eigenvalue weighted by atomic mass is 32.2. The van der Waals surface area contributed by atoms with Gasteiger partial charge in [0, 0.05) is 17.1 Å². The summed E-state index contributed by atoms with van der Waals surface area (Å²) in [5.41, 5.74) is 5.69. The lowest BCUT2D eigenvalue weighted by Crippen LogP contribution is -2.35. The lowest BCUT2D eigenvalue weighted by Gasteiger charge is -2.20. The Bertz CT molecular complexity index is 1120. The first-order valence-corrected chi connectivity index (χ1v) is 10.5. The second-order valence-corrected chi connectivity index (χ2v) is 8.05. The molecule has 0 aliphatic carbocycles. The summed E-state index contributed by atoms with van der Waals surface area (Å²) in [5, 5.41) is 15.7. The minimum absolute atomic E-state index is 0.0784. The van der Waals surface area contributed by atoms with Crippen LogP contribution in [0.5, 0.6) is 0 Å². The van der Waals surface area contributed by atoms with Crippen molar-refractivity contribution in [2.75, 3.05) is 0 Å². The topological polar surface area (TPSA) is 73.8 Å². The van der Waals surface area contributed by atoms with Crippen LogP contribution in [0.3, 0.4) is 0 Å². The van der Waals surface area contributed by atoms with Gasteiger partial charge in [-0.2, -0.15) is 15.1 Å². The van der Waals surface area contributed by atoms with Gasteiger partial charge in [-0.1, -0.05) is 32.0 Å². The van der Waals surface area contributed by atoms with E-state index in [-0.39, 0.29) is 17.3 Å². The zero-order chi connectivity index (χ0) is 20.7. The summed E-state index contributed by atoms with van der Waals surface area (Å²) in [6, 6.07) is 10.4. The van der Waals surface area contributed by atoms with Crippen molar-refractivity contribution in [1.82, 2.24) is 9.58 Å². The summed E-state index contributed by atoms with van der Waals surface area (Å²) in [4.78, 5) is 16.8. The molecule has 0 fully saturated rings. The van der Waals surface area contributed by atoms with Gasteiger partial charge in [0.25, 0.3) is 5.91 Å². The molecule has 29 heavy (non-hydrogen) atoms. The highest BCUT2D eigenvalue weighted by Crippen LogP contribution is 2.31. The fourth-order valence-corrected chi connectivity index (χ4v) is 4.49. The number of nitrogens with zero attached hydrogens (tertiary/aromatic N) is 4. The van der Waals surface area contributed by atoms with E-state index < -0.39 is 0 Å². The lowest BCUT2D eigenvalue weighted by atomic mass is 10.1. The summed E-state index contributed by atoms with van der Waals surface area (Å²) < 4.78 is 2.20. The molecule has 0 unspecified atom stereocenters. The Labute approximate surface area is 174 Å². The van der Waals surface area contributed by atoms with Gasteiger partial charge in [-0.05, 0) is 67.8 Å². The van der Waals surface area contributed by atoms with Crippen LogP contribution in [0, 0.1) is 19.3 Å². The van der Waals surface area contributed by atoms with Crippen molar-refractivity contribution < 1.29 is 4.79 Å². The summed E-state index contributed by atoms with van der Waals surface area (Å²) >= 11 is 1.35. The fraction of sp³-hybridized carbons (Fsp3) is 0.273. The van der Waals surface area contributed by atoms with Crippen molar-refractivity contribution in [2.45, 2.75) is 40.5 Å². The number of amides is 1. The number of hydrazone groups is 1. The predicted octanol–water partition coefficient (Wildman–Crippen LogP) is 4.69. The predicted molar refractivity (Wildman–Crippen MR) is 120 cm³/mol. The van der Waals surface area contributed by atoms with E-state index in [0.29, 0.717) is 5.17 Å². The highest BCUT2D eigenvalue weighted by Gasteiger charge is 2.35. The minimum Gasteiger partial charge on any atom is -0.318 e. The van der Waals surface area contributed by atoms with Crippen LogP contribution >= 0.6 is 11.8 Å². The maximum absolute atomic E-state index is 12.6. The van der Waals surface area contributed by atoms with E-state index >= 15 is 0 Å². The van der Waals surface area contributed by atoms with Crippen LogP contribution in [0.25, 0.3) is 11.8 Å². The normalized spacial score (nSPS) is 17.7. The number of benzene rings is 1. The van der Waals surface area contributed by atoms with Crippen LogP contribution < -0.4 is 0 Å². The molecule has 0 bridgehead atoms. The quantitative estimate of drug-likeness (QED) is 0.750. The largest absolute Gasteiger partial charge is 0.318 e. The summed E-state index contributed by atoms with van der Waals surface area (Å²) in [6.45, 7) is 8.24. The molecule has 6 nitrogen and oxygen atoms in total. The van der Waals surface area contributed by atoms with E-state index in [4.69, 9.17) is 5.41 Å². The molecule has 1 N–H and O–H groups in total. The number of fused-ring (bicyclic) bond motifs is 1. The Balaban J connectivity index is 1.78. The number of aromatic nitrogens is 1. The number of amidine groups is 2. The van der Waals surface area contributed by atoms with Gasteiger partial charge in [0.2, 0.25) is 5.17 Å². The summed E-state index contributed by atoms with van der Waals surface area (Å²) in [6.07, 6.45) is 3.45. The second kappa shape index (κ2) is 7.48. The molecule has 2 aliphatic heterocycles. The van der Waals surface area contributed by atoms with E-state index in [1.54, 1.807) is 6.08 Å². The van der Waals surface area contributed by atoms with Crippen LogP contribution in [-0.2, 0) is 11.2 Å². The van der Waals surface area contributed by atoms with Gasteiger partial charge in [0.05, 0.1) is 5.57 Å². The molecule has 0 radical (unpaired) electrons. The number of carbonyl (C=O) groups is 1. The van der Waals surface area contributed by atoms with Crippen molar-refractivity contribution in [1.29, 1.82) is 5.41 Å². The molecule has 1 aromatic heterocycles. The number of para-hydroxylation sites is 1. The third-order valence-electron chi connectivity index (χ3n) is 5.18. The summed E-state index contributed by atoms with van der Waals surface area (Å²) in [7, 11) is 0. The Hall–Kier alpha value is -2.93. The highest BCUT2D eigenvalue weighted by molar-refractivity contribution is 8.26. The molecule has 0 saturated carbocycles. The van der Waals surface area contributed by atoms with Crippen molar-refractivity contribution in [3.63, 3.8) is 0 Å². The lowest BCUT2D eigenvalue weighted by molar-refractivity contribution is -0.114. The van der Waals surface area contributed by atoms with Gasteiger partial charge in [0.15, 0.2) is 5.84 Å². The number of rotatable bonds is 4. The molecule has 2 aliphatic rings. The Morgan fingerprint density at radius 3 is 2.66 bits per heavy atom. The Kier molecular flexibility index (Phi) is 5.00. The first-order chi connectivity index (χ1) is 13.9. The number of thioether (sulfide) groups is 1. The van der Waals surface area contributed by atoms with Crippen LogP contribution in [0.15, 0.2) is 46.0 Å². The number of nitrogens with one attached hydrogen (secondary N) is 1. The second-order valence-electron chi connectivity index (χ2n) is 7.01. The monoisotopic (exact) mass is 405 g/mol. The molecule has 0 spiro atoms. The third-order valence-corrected chi connectivity index (χ3v) is 6.24. The molecule has 7 heteroatoms. The average molecular weight is 406 g/mol. The van der Waals surface area contributed by atoms with Crippen LogP contribution in [0.2, 0.25) is 0 Å². The van der Waals surface area contributed by atoms with E-state index in [1.165, 1.54) is 22.3 Å². The number of hydrogen-bond acceptors (Lipinski definition) is 4. The van der Waals surface area contributed by atoms with Gasteiger partial charge >= 0.3 is 0 Å². The van der Waals surface area contributed by atoms with E-state index in [2.05, 4.69) is 46.7 Å². The van der Waals surface area contributed by atoms with Crippen molar-refractivity contribution in [3.05, 3.63) is 58.4 Å². The van der Waals surface area contributed by atoms with E-state index in [9.17, 15) is 4.79 Å². The van der Waals surface area contributed by atoms with Gasteiger partial charge in [-0.3, -0.25) is 10.2 Å². The zero-order valence-corrected chi connectivity index (χ0v) is 17.8. The SMILES string of the molecule is CCC1=NN2C(=N)/C(=C/c3cc(C)n(-c4ccccc4CC)c3C)C(=O)N=C2S1. The van der Waals surface area contributed by atoms with E-state index in [0.717, 1.165) is 40.5 Å². The molecular formula is C22H23N5OS. The van der Waals surface area contributed by atoms with Crippen LogP contribution in [0.1, 0.15) is 42.8 Å². The van der Waals surface area contributed by atoms with Crippen molar-refractivity contribution >= 4 is 39.8 Å². The smallest absolute Gasteiger partial charge is 0.283 e. The molecule has 148 valence electrons. The number of aliphatic imine (C=N–C) groups is 1. The number of carbonyl (C=O) groups excluding carboxylic acids is 1. The van der Waals surface area contributed by atoms with Gasteiger partial charge in [-0.15, -0.1) is 0 Å². The maximum atomic E-state index is 12.6. The average Bonchev–Trinajstić information content (AvgIpc) is 3.25. The van der Waals surface area contributed by atoms with Crippen LogP contribution in [-0.4, -0.2) is 31.5 Å². The van der Waals surface area contributed by atoms with Crippen molar-refractivity contribution in [2.24, 2.45) is 10.1 Å². The molecular weight excluding hydrogens is 382 g/mol. The zero-order valence-electron chi connectivity index (χ0n) is 17.0. The van der Waals surface area contributed by atoms with E-state index in [1.807, 2.05) is 26.0 Å². The Morgan fingerprint density at radius 1 is 1.17 bits per heavy atom. The fourth-order valence-electron chi connectivity index (χ4n) is 3.66. The first kappa shape index (κ1) is 19.4. The van der Waals surface area contributed by atoms with Gasteiger partial charge < -0.3 is 4.57 Å². The number of aryl methyl sites for hydroxylation is 2. The van der Waals surface area contributed by atoms with Crippen LogP contribution in [0.4, 0.5) is 0 Å². The molecule has 1 aromatic carbocycles.